The first-order valence-electron chi connectivity index (χ1n) is 8.42. The fourth-order valence-corrected chi connectivity index (χ4v) is 3.44. The molecule has 0 fully saturated rings. The standard InChI is InChI=1S/C18H20N6O3S/c1-9(25)20-11-7-5-10(6-8-11)12(14(19)28)15-21-16-13(22(15)2)17(26)24(4)18(27)23(16)3/h5-8,12H,1-4H3,(H2,19,28)(H,20,25). The largest absolute Gasteiger partial charge is 0.392 e. The number of amides is 1. The summed E-state index contributed by atoms with van der Waals surface area (Å²) in [5.74, 6) is -0.294. The van der Waals surface area contributed by atoms with Crippen molar-refractivity contribution >= 4 is 40.0 Å². The van der Waals surface area contributed by atoms with Crippen molar-refractivity contribution in [1.82, 2.24) is 18.7 Å². The molecule has 3 aromatic rings. The van der Waals surface area contributed by atoms with E-state index in [9.17, 15) is 14.4 Å². The predicted molar refractivity (Wildman–Crippen MR) is 111 cm³/mol. The molecule has 1 unspecified atom stereocenters. The fraction of sp³-hybridized carbons (Fsp3) is 0.278. The summed E-state index contributed by atoms with van der Waals surface area (Å²) in [6.07, 6.45) is 0. The smallest absolute Gasteiger partial charge is 0.332 e. The number of fused-ring (bicyclic) bond motifs is 1. The summed E-state index contributed by atoms with van der Waals surface area (Å²) >= 11 is 5.27. The number of nitrogens with zero attached hydrogens (tertiary/aromatic N) is 4. The highest BCUT2D eigenvalue weighted by atomic mass is 32.1. The molecule has 2 aromatic heterocycles. The molecule has 0 aliphatic carbocycles. The third-order valence-electron chi connectivity index (χ3n) is 4.62. The van der Waals surface area contributed by atoms with Gasteiger partial charge in [0.25, 0.3) is 5.56 Å². The number of hydrogen-bond donors (Lipinski definition) is 2. The quantitative estimate of drug-likeness (QED) is 0.610. The van der Waals surface area contributed by atoms with Crippen molar-refractivity contribution in [3.63, 3.8) is 0 Å². The van der Waals surface area contributed by atoms with Crippen LogP contribution in [0.15, 0.2) is 33.9 Å². The molecular formula is C18H20N6O3S. The Bertz CT molecular complexity index is 1220. The fourth-order valence-electron chi connectivity index (χ4n) is 3.20. The van der Waals surface area contributed by atoms with E-state index in [0.717, 1.165) is 10.1 Å². The van der Waals surface area contributed by atoms with Crippen LogP contribution >= 0.6 is 12.2 Å². The normalized spacial score (nSPS) is 12.1. The molecule has 0 aliphatic heterocycles. The molecule has 1 aromatic carbocycles. The Labute approximate surface area is 165 Å². The van der Waals surface area contributed by atoms with E-state index in [0.29, 0.717) is 11.5 Å². The van der Waals surface area contributed by atoms with Gasteiger partial charge in [-0.25, -0.2) is 9.78 Å². The maximum atomic E-state index is 12.6. The van der Waals surface area contributed by atoms with Gasteiger partial charge in [-0.1, -0.05) is 24.4 Å². The Morgan fingerprint density at radius 3 is 2.25 bits per heavy atom. The number of hydrogen-bond acceptors (Lipinski definition) is 5. The zero-order valence-corrected chi connectivity index (χ0v) is 16.7. The number of nitrogens with one attached hydrogen (secondary N) is 1. The van der Waals surface area contributed by atoms with Crippen molar-refractivity contribution < 1.29 is 4.79 Å². The monoisotopic (exact) mass is 400 g/mol. The summed E-state index contributed by atoms with van der Waals surface area (Å²) in [5, 5.41) is 2.69. The average Bonchev–Trinajstić information content (AvgIpc) is 2.96. The zero-order chi connectivity index (χ0) is 20.7. The molecule has 9 nitrogen and oxygen atoms in total. The van der Waals surface area contributed by atoms with Crippen LogP contribution in [0.25, 0.3) is 11.2 Å². The lowest BCUT2D eigenvalue weighted by Crippen LogP contribution is -2.37. The highest BCUT2D eigenvalue weighted by Crippen LogP contribution is 2.27. The number of aromatic nitrogens is 4. The zero-order valence-electron chi connectivity index (χ0n) is 15.9. The van der Waals surface area contributed by atoms with Gasteiger partial charge in [0.2, 0.25) is 5.91 Å². The number of anilines is 1. The highest BCUT2D eigenvalue weighted by Gasteiger charge is 2.26. The molecule has 1 atom stereocenters. The number of aryl methyl sites for hydroxylation is 2. The molecule has 3 rings (SSSR count). The highest BCUT2D eigenvalue weighted by molar-refractivity contribution is 7.80. The van der Waals surface area contributed by atoms with Crippen LogP contribution in [0.3, 0.4) is 0 Å². The molecule has 0 spiro atoms. The van der Waals surface area contributed by atoms with Crippen LogP contribution in [0.1, 0.15) is 24.2 Å². The van der Waals surface area contributed by atoms with Gasteiger partial charge in [-0.3, -0.25) is 18.7 Å². The topological polar surface area (TPSA) is 117 Å². The first-order valence-corrected chi connectivity index (χ1v) is 8.83. The number of nitrogens with two attached hydrogens (primary N) is 1. The van der Waals surface area contributed by atoms with Crippen molar-refractivity contribution in [2.45, 2.75) is 12.8 Å². The van der Waals surface area contributed by atoms with E-state index in [2.05, 4.69) is 10.3 Å². The third kappa shape index (κ3) is 3.11. The molecule has 0 aliphatic rings. The van der Waals surface area contributed by atoms with Crippen LogP contribution in [-0.2, 0) is 25.9 Å². The second-order valence-electron chi connectivity index (χ2n) is 6.55. The van der Waals surface area contributed by atoms with Gasteiger partial charge in [-0.05, 0) is 17.7 Å². The lowest BCUT2D eigenvalue weighted by atomic mass is 9.98. The summed E-state index contributed by atoms with van der Waals surface area (Å²) in [6, 6.07) is 7.04. The molecule has 10 heteroatoms. The molecule has 28 heavy (non-hydrogen) atoms. The number of carbonyl (C=O) groups is 1. The number of carbonyl (C=O) groups excluding carboxylic acids is 1. The molecule has 3 N–H and O–H groups in total. The molecule has 146 valence electrons. The van der Waals surface area contributed by atoms with E-state index in [4.69, 9.17) is 18.0 Å². The Morgan fingerprint density at radius 2 is 1.71 bits per heavy atom. The molecular weight excluding hydrogens is 380 g/mol. The second kappa shape index (κ2) is 7.04. The van der Waals surface area contributed by atoms with Crippen molar-refractivity contribution in [3.8, 4) is 0 Å². The van der Waals surface area contributed by atoms with Crippen molar-refractivity contribution in [2.75, 3.05) is 5.32 Å². The summed E-state index contributed by atoms with van der Waals surface area (Å²) in [7, 11) is 4.66. The first-order chi connectivity index (χ1) is 13.1. The third-order valence-corrected chi connectivity index (χ3v) is 4.85. The van der Waals surface area contributed by atoms with Gasteiger partial charge in [0, 0.05) is 33.8 Å². The molecule has 0 saturated heterocycles. The van der Waals surface area contributed by atoms with Gasteiger partial charge in [0.15, 0.2) is 11.2 Å². The Kier molecular flexibility index (Phi) is 4.90. The lowest BCUT2D eigenvalue weighted by Gasteiger charge is -2.16. The van der Waals surface area contributed by atoms with Crippen LogP contribution < -0.4 is 22.3 Å². The number of benzene rings is 1. The van der Waals surface area contributed by atoms with E-state index in [1.807, 2.05) is 0 Å². The van der Waals surface area contributed by atoms with Crippen molar-refractivity contribution in [3.05, 3.63) is 56.5 Å². The van der Waals surface area contributed by atoms with Crippen molar-refractivity contribution in [1.29, 1.82) is 0 Å². The van der Waals surface area contributed by atoms with E-state index >= 15 is 0 Å². The SMILES string of the molecule is CC(=O)Nc1ccc(C(C(N)=S)c2nc3c(c(=O)n(C)c(=O)n3C)n2C)cc1. The second-order valence-corrected chi connectivity index (χ2v) is 7.02. The minimum Gasteiger partial charge on any atom is -0.392 e. The van der Waals surface area contributed by atoms with Gasteiger partial charge >= 0.3 is 5.69 Å². The Balaban J connectivity index is 2.21. The number of thiocarbonyl (C=S) groups is 1. The van der Waals surface area contributed by atoms with E-state index in [1.54, 1.807) is 42.9 Å². The van der Waals surface area contributed by atoms with Gasteiger partial charge in [-0.2, -0.15) is 0 Å². The summed E-state index contributed by atoms with van der Waals surface area (Å²) in [4.78, 5) is 40.7. The van der Waals surface area contributed by atoms with Crippen LogP contribution in [-0.4, -0.2) is 29.6 Å². The predicted octanol–water partition coefficient (Wildman–Crippen LogP) is 0.347. The molecule has 0 saturated carbocycles. The van der Waals surface area contributed by atoms with Crippen LogP contribution in [0, 0.1) is 0 Å². The minimum absolute atomic E-state index is 0.174. The molecule has 2 heterocycles. The van der Waals surface area contributed by atoms with E-state index < -0.39 is 17.2 Å². The van der Waals surface area contributed by atoms with Gasteiger partial charge in [0.1, 0.15) is 5.82 Å². The summed E-state index contributed by atoms with van der Waals surface area (Å²) in [5.41, 5.74) is 7.04. The molecule has 0 radical (unpaired) electrons. The average molecular weight is 400 g/mol. The lowest BCUT2D eigenvalue weighted by molar-refractivity contribution is -0.114. The summed E-state index contributed by atoms with van der Waals surface area (Å²) < 4.78 is 3.96. The van der Waals surface area contributed by atoms with Crippen LogP contribution in [0.2, 0.25) is 0 Å². The molecule has 1 amide bonds. The van der Waals surface area contributed by atoms with E-state index in [-0.39, 0.29) is 22.1 Å². The van der Waals surface area contributed by atoms with Gasteiger partial charge in [-0.15, -0.1) is 0 Å². The first kappa shape index (κ1) is 19.5. The maximum Gasteiger partial charge on any atom is 0.332 e. The Morgan fingerprint density at radius 1 is 1.11 bits per heavy atom. The number of imidazole rings is 1. The minimum atomic E-state index is -0.571. The van der Waals surface area contributed by atoms with E-state index in [1.165, 1.54) is 18.5 Å². The van der Waals surface area contributed by atoms with Gasteiger partial charge < -0.3 is 15.6 Å². The van der Waals surface area contributed by atoms with Gasteiger partial charge in [0.05, 0.1) is 10.9 Å². The Hall–Kier alpha value is -3.27. The van der Waals surface area contributed by atoms with Crippen molar-refractivity contribution in [2.24, 2.45) is 26.9 Å². The van der Waals surface area contributed by atoms with Crippen LogP contribution in [0.5, 0.6) is 0 Å². The summed E-state index contributed by atoms with van der Waals surface area (Å²) in [6.45, 7) is 1.43. The number of rotatable bonds is 4. The molecule has 0 bridgehead atoms. The van der Waals surface area contributed by atoms with Crippen LogP contribution in [0.4, 0.5) is 5.69 Å². The maximum absolute atomic E-state index is 12.6.